The molecule has 33 heavy (non-hydrogen) atoms. The highest BCUT2D eigenvalue weighted by atomic mass is 32.1. The van der Waals surface area contributed by atoms with Crippen LogP contribution in [-0.4, -0.2) is 32.0 Å². The fourth-order valence-corrected chi connectivity index (χ4v) is 4.31. The van der Waals surface area contributed by atoms with E-state index in [0.717, 1.165) is 26.8 Å². The lowest BCUT2D eigenvalue weighted by Gasteiger charge is -2.11. The van der Waals surface area contributed by atoms with Gasteiger partial charge in [0.25, 0.3) is 0 Å². The van der Waals surface area contributed by atoms with E-state index >= 15 is 0 Å². The average Bonchev–Trinajstić information content (AvgIpc) is 3.20. The second-order valence-corrected chi connectivity index (χ2v) is 8.13. The van der Waals surface area contributed by atoms with Gasteiger partial charge in [0.1, 0.15) is 12.1 Å². The summed E-state index contributed by atoms with van der Waals surface area (Å²) >= 11 is 1.34. The van der Waals surface area contributed by atoms with Crippen LogP contribution in [0, 0.1) is 17.0 Å². The minimum atomic E-state index is -0.519. The summed E-state index contributed by atoms with van der Waals surface area (Å²) in [6.07, 6.45) is 1.27. The molecule has 0 aliphatic rings. The lowest BCUT2D eigenvalue weighted by molar-refractivity contribution is -0.383. The van der Waals surface area contributed by atoms with Gasteiger partial charge in [-0.1, -0.05) is 17.4 Å². The molecule has 10 nitrogen and oxygen atoms in total. The molecule has 3 heterocycles. The third kappa shape index (κ3) is 3.96. The Morgan fingerprint density at radius 3 is 2.61 bits per heavy atom. The molecule has 5 rings (SSSR count). The molecule has 0 bridgehead atoms. The van der Waals surface area contributed by atoms with Crippen LogP contribution in [0.2, 0.25) is 0 Å². The molecule has 164 valence electrons. The van der Waals surface area contributed by atoms with Gasteiger partial charge in [0, 0.05) is 16.8 Å². The first-order valence-electron chi connectivity index (χ1n) is 9.86. The van der Waals surface area contributed by atoms with E-state index in [1.54, 1.807) is 7.11 Å². The van der Waals surface area contributed by atoms with E-state index < -0.39 is 4.92 Å². The van der Waals surface area contributed by atoms with Crippen LogP contribution in [0.1, 0.15) is 5.69 Å². The number of ether oxygens (including phenoxy) is 1. The number of benzene rings is 2. The van der Waals surface area contributed by atoms with Crippen molar-refractivity contribution < 1.29 is 9.66 Å². The second-order valence-electron chi connectivity index (χ2n) is 7.10. The Labute approximate surface area is 191 Å². The van der Waals surface area contributed by atoms with Crippen molar-refractivity contribution in [1.29, 1.82) is 0 Å². The molecule has 0 spiro atoms. The molecule has 0 amide bonds. The number of nitrogens with one attached hydrogen (secondary N) is 2. The molecular weight excluding hydrogens is 442 g/mol. The lowest BCUT2D eigenvalue weighted by atomic mass is 10.1. The standard InChI is InChI=1S/C22H17N7O3S/c1-12-6-8-14-15(25-12)4-3-5-16(14)26-20-19(29(30)31)21(24-11-23-20)28-22-27-17-9-7-13(32-2)10-18(17)33-22/h3-11H,1-2H3,(H2,23,24,26,27,28). The van der Waals surface area contributed by atoms with Crippen molar-refractivity contribution in [3.05, 3.63) is 70.7 Å². The number of thiazole rings is 1. The summed E-state index contributed by atoms with van der Waals surface area (Å²) in [5.74, 6) is 0.808. The molecule has 11 heteroatoms. The Morgan fingerprint density at radius 1 is 1.00 bits per heavy atom. The number of hydrogen-bond acceptors (Lipinski definition) is 10. The largest absolute Gasteiger partial charge is 0.497 e. The number of rotatable bonds is 6. The number of anilines is 4. The molecule has 5 aromatic rings. The SMILES string of the molecule is COc1ccc2nc(Nc3ncnc(Nc4cccc5nc(C)ccc45)c3[N+](=O)[O-])sc2c1. The molecule has 0 unspecified atom stereocenters. The zero-order valence-corrected chi connectivity index (χ0v) is 18.4. The summed E-state index contributed by atoms with van der Waals surface area (Å²) < 4.78 is 6.13. The highest BCUT2D eigenvalue weighted by Crippen LogP contribution is 2.37. The molecule has 0 aliphatic carbocycles. The van der Waals surface area contributed by atoms with Crippen LogP contribution in [0.15, 0.2) is 54.9 Å². The second kappa shape index (κ2) is 8.28. The molecule has 0 atom stereocenters. The number of fused-ring (bicyclic) bond motifs is 2. The van der Waals surface area contributed by atoms with Gasteiger partial charge in [-0.15, -0.1) is 0 Å². The predicted octanol–water partition coefficient (Wildman–Crippen LogP) is 5.35. The minimum absolute atomic E-state index is 0.0396. The Kier molecular flexibility index (Phi) is 5.15. The lowest BCUT2D eigenvalue weighted by Crippen LogP contribution is -2.05. The van der Waals surface area contributed by atoms with Gasteiger partial charge in [0.05, 0.1) is 27.8 Å². The van der Waals surface area contributed by atoms with Crippen molar-refractivity contribution in [2.75, 3.05) is 17.7 Å². The molecule has 0 fully saturated rings. The van der Waals surface area contributed by atoms with Gasteiger partial charge < -0.3 is 15.4 Å². The molecule has 3 aromatic heterocycles. The summed E-state index contributed by atoms with van der Waals surface area (Å²) in [4.78, 5) is 28.7. The maximum Gasteiger partial charge on any atom is 0.353 e. The number of pyridine rings is 1. The number of methoxy groups -OCH3 is 1. The van der Waals surface area contributed by atoms with Gasteiger partial charge in [0.15, 0.2) is 5.13 Å². The summed E-state index contributed by atoms with van der Waals surface area (Å²) in [7, 11) is 1.59. The highest BCUT2D eigenvalue weighted by Gasteiger charge is 2.24. The van der Waals surface area contributed by atoms with E-state index in [2.05, 4.69) is 30.6 Å². The number of nitro groups is 1. The Bertz CT molecular complexity index is 1520. The molecule has 2 N–H and O–H groups in total. The smallest absolute Gasteiger partial charge is 0.353 e. The molecule has 0 saturated heterocycles. The summed E-state index contributed by atoms with van der Waals surface area (Å²) in [5, 5.41) is 19.3. The van der Waals surface area contributed by atoms with Crippen LogP contribution in [0.3, 0.4) is 0 Å². The first kappa shape index (κ1) is 20.5. The van der Waals surface area contributed by atoms with Crippen LogP contribution in [0.25, 0.3) is 21.1 Å². The van der Waals surface area contributed by atoms with E-state index in [0.29, 0.717) is 16.6 Å². The van der Waals surface area contributed by atoms with Crippen molar-refractivity contribution in [1.82, 2.24) is 19.9 Å². The molecule has 0 saturated carbocycles. The van der Waals surface area contributed by atoms with Crippen molar-refractivity contribution in [3.8, 4) is 5.75 Å². The Balaban J connectivity index is 1.53. The first-order valence-corrected chi connectivity index (χ1v) is 10.7. The van der Waals surface area contributed by atoms with Gasteiger partial charge in [0.2, 0.25) is 11.6 Å². The number of aryl methyl sites for hydroxylation is 1. The highest BCUT2D eigenvalue weighted by molar-refractivity contribution is 7.22. The van der Waals surface area contributed by atoms with Crippen molar-refractivity contribution in [2.45, 2.75) is 6.92 Å². The monoisotopic (exact) mass is 459 g/mol. The Morgan fingerprint density at radius 2 is 1.82 bits per heavy atom. The Hall–Kier alpha value is -4.38. The van der Waals surface area contributed by atoms with Crippen molar-refractivity contribution in [3.63, 3.8) is 0 Å². The number of nitrogens with zero attached hydrogens (tertiary/aromatic N) is 5. The molecule has 0 aliphatic heterocycles. The summed E-state index contributed by atoms with van der Waals surface area (Å²) in [6, 6.07) is 14.8. The third-order valence-electron chi connectivity index (χ3n) is 4.95. The van der Waals surface area contributed by atoms with Crippen molar-refractivity contribution in [2.24, 2.45) is 0 Å². The zero-order chi connectivity index (χ0) is 22.9. The zero-order valence-electron chi connectivity index (χ0n) is 17.6. The van der Waals surface area contributed by atoms with E-state index in [1.165, 1.54) is 17.7 Å². The summed E-state index contributed by atoms with van der Waals surface area (Å²) in [5.41, 5.74) is 2.77. The predicted molar refractivity (Wildman–Crippen MR) is 128 cm³/mol. The fourth-order valence-electron chi connectivity index (χ4n) is 3.41. The number of aromatic nitrogens is 4. The van der Waals surface area contributed by atoms with Crippen LogP contribution in [-0.2, 0) is 0 Å². The maximum atomic E-state index is 12.0. The molecule has 2 aromatic carbocycles. The van der Waals surface area contributed by atoms with Crippen LogP contribution < -0.4 is 15.4 Å². The van der Waals surface area contributed by atoms with Gasteiger partial charge in [-0.3, -0.25) is 15.1 Å². The fraction of sp³-hybridized carbons (Fsp3) is 0.0909. The van der Waals surface area contributed by atoms with Gasteiger partial charge >= 0.3 is 5.69 Å². The normalized spacial score (nSPS) is 11.0. The topological polar surface area (TPSA) is 128 Å². The molecular formula is C22H17N7O3S. The van der Waals surface area contributed by atoms with Gasteiger partial charge in [-0.2, -0.15) is 0 Å². The number of hydrogen-bond donors (Lipinski definition) is 2. The summed E-state index contributed by atoms with van der Waals surface area (Å²) in [6.45, 7) is 1.91. The van der Waals surface area contributed by atoms with Crippen LogP contribution in [0.5, 0.6) is 5.75 Å². The van der Waals surface area contributed by atoms with E-state index in [4.69, 9.17) is 4.74 Å². The quantitative estimate of drug-likeness (QED) is 0.255. The molecule has 0 radical (unpaired) electrons. The first-order chi connectivity index (χ1) is 16.0. The maximum absolute atomic E-state index is 12.0. The third-order valence-corrected chi connectivity index (χ3v) is 5.88. The van der Waals surface area contributed by atoms with E-state index in [1.807, 2.05) is 55.5 Å². The van der Waals surface area contributed by atoms with Gasteiger partial charge in [-0.05, 0) is 49.4 Å². The van der Waals surface area contributed by atoms with E-state index in [9.17, 15) is 10.1 Å². The van der Waals surface area contributed by atoms with Crippen LogP contribution in [0.4, 0.5) is 28.1 Å². The van der Waals surface area contributed by atoms with Crippen molar-refractivity contribution >= 4 is 60.6 Å². The van der Waals surface area contributed by atoms with Gasteiger partial charge in [-0.25, -0.2) is 15.0 Å². The van der Waals surface area contributed by atoms with Crippen LogP contribution >= 0.6 is 11.3 Å². The minimum Gasteiger partial charge on any atom is -0.497 e. The van der Waals surface area contributed by atoms with E-state index in [-0.39, 0.29) is 17.3 Å². The average molecular weight is 459 g/mol.